The molecule has 0 radical (unpaired) electrons. The van der Waals surface area contributed by atoms with Crippen LogP contribution in [0.25, 0.3) is 0 Å². The average molecular weight is 930 g/mol. The van der Waals surface area contributed by atoms with E-state index in [1.54, 1.807) is 0 Å². The van der Waals surface area contributed by atoms with E-state index in [-0.39, 0.29) is 31.1 Å². The highest BCUT2D eigenvalue weighted by atomic mass is 16.6. The molecule has 0 saturated carbocycles. The Bertz CT molecular complexity index is 1070. The lowest BCUT2D eigenvalue weighted by atomic mass is 10.0. The quantitative estimate of drug-likeness (QED) is 0.0262. The zero-order valence-electron chi connectivity index (χ0n) is 44.5. The van der Waals surface area contributed by atoms with E-state index in [1.165, 1.54) is 205 Å². The first-order valence-corrected chi connectivity index (χ1v) is 29.3. The summed E-state index contributed by atoms with van der Waals surface area (Å²) in [6.07, 6.45) is 65.2. The number of esters is 3. The van der Waals surface area contributed by atoms with Crippen LogP contribution in [-0.2, 0) is 28.6 Å². The fraction of sp³-hybridized carbons (Fsp3) is 0.883. The molecule has 0 bridgehead atoms. The molecule has 0 rings (SSSR count). The molecule has 6 heteroatoms. The number of hydrogen-bond donors (Lipinski definition) is 0. The Kier molecular flexibility index (Phi) is 53.7. The molecule has 0 spiro atoms. The van der Waals surface area contributed by atoms with Crippen LogP contribution in [0, 0.1) is 0 Å². The number of hydrogen-bond acceptors (Lipinski definition) is 6. The molecule has 0 fully saturated rings. The number of rotatable bonds is 54. The van der Waals surface area contributed by atoms with Crippen LogP contribution in [0.3, 0.4) is 0 Å². The first kappa shape index (κ1) is 63.9. The summed E-state index contributed by atoms with van der Waals surface area (Å²) < 4.78 is 16.7. The second-order valence-corrected chi connectivity index (χ2v) is 19.9. The summed E-state index contributed by atoms with van der Waals surface area (Å²) in [5.74, 6) is -0.875. The number of ether oxygens (including phenoxy) is 3. The second-order valence-electron chi connectivity index (χ2n) is 19.9. The van der Waals surface area contributed by atoms with E-state index in [1.807, 2.05) is 0 Å². The average Bonchev–Trinajstić information content (AvgIpc) is 3.31. The molecule has 0 aliphatic heterocycles. The van der Waals surface area contributed by atoms with Crippen molar-refractivity contribution < 1.29 is 28.6 Å². The minimum absolute atomic E-state index is 0.0705. The molecule has 0 heterocycles. The van der Waals surface area contributed by atoms with Crippen LogP contribution in [-0.4, -0.2) is 37.2 Å². The van der Waals surface area contributed by atoms with Crippen molar-refractivity contribution in [2.75, 3.05) is 13.2 Å². The molecule has 1 atom stereocenters. The van der Waals surface area contributed by atoms with Gasteiger partial charge in [0, 0.05) is 19.3 Å². The summed E-state index contributed by atoms with van der Waals surface area (Å²) in [6, 6.07) is 0. The molecular formula is C60H112O6. The van der Waals surface area contributed by atoms with E-state index in [9.17, 15) is 14.4 Å². The van der Waals surface area contributed by atoms with Gasteiger partial charge in [0.1, 0.15) is 13.2 Å². The van der Waals surface area contributed by atoms with Crippen molar-refractivity contribution in [3.05, 3.63) is 24.3 Å². The lowest BCUT2D eigenvalue weighted by Crippen LogP contribution is -2.30. The Hall–Kier alpha value is -2.11. The number of allylic oxidation sites excluding steroid dienone is 4. The third kappa shape index (κ3) is 52.9. The van der Waals surface area contributed by atoms with Crippen molar-refractivity contribution in [2.45, 2.75) is 329 Å². The van der Waals surface area contributed by atoms with Crippen LogP contribution in [0.5, 0.6) is 0 Å². The van der Waals surface area contributed by atoms with Gasteiger partial charge in [-0.15, -0.1) is 0 Å². The Labute approximate surface area is 411 Å². The van der Waals surface area contributed by atoms with Gasteiger partial charge in [-0.3, -0.25) is 14.4 Å². The summed E-state index contributed by atoms with van der Waals surface area (Å²) >= 11 is 0. The Morgan fingerprint density at radius 3 is 0.818 bits per heavy atom. The molecule has 1 unspecified atom stereocenters. The van der Waals surface area contributed by atoms with Crippen molar-refractivity contribution >= 4 is 17.9 Å². The molecule has 0 aliphatic carbocycles. The van der Waals surface area contributed by atoms with Crippen LogP contribution in [0.2, 0.25) is 0 Å². The SMILES string of the molecule is CCC/C=C\CCCCCCCC(=O)OC(COC(=O)CCCCCCCCC)COC(=O)CCCCCCCCCCCCCCCCCCCCC/C=C\CCCCCCCCCC. The lowest BCUT2D eigenvalue weighted by molar-refractivity contribution is -0.167. The largest absolute Gasteiger partial charge is 0.462 e. The van der Waals surface area contributed by atoms with Crippen LogP contribution in [0.15, 0.2) is 24.3 Å². The Morgan fingerprint density at radius 1 is 0.288 bits per heavy atom. The van der Waals surface area contributed by atoms with Gasteiger partial charge >= 0.3 is 17.9 Å². The van der Waals surface area contributed by atoms with Gasteiger partial charge in [-0.2, -0.15) is 0 Å². The summed E-state index contributed by atoms with van der Waals surface area (Å²) in [6.45, 7) is 6.56. The van der Waals surface area contributed by atoms with Gasteiger partial charge in [-0.1, -0.05) is 263 Å². The molecule has 66 heavy (non-hydrogen) atoms. The van der Waals surface area contributed by atoms with E-state index in [0.717, 1.165) is 77.0 Å². The normalized spacial score (nSPS) is 12.1. The fourth-order valence-corrected chi connectivity index (χ4v) is 8.74. The van der Waals surface area contributed by atoms with Crippen molar-refractivity contribution in [3.8, 4) is 0 Å². The van der Waals surface area contributed by atoms with E-state index >= 15 is 0 Å². The third-order valence-electron chi connectivity index (χ3n) is 13.2. The van der Waals surface area contributed by atoms with Crippen LogP contribution < -0.4 is 0 Å². The molecule has 388 valence electrons. The van der Waals surface area contributed by atoms with Gasteiger partial charge in [0.05, 0.1) is 0 Å². The van der Waals surface area contributed by atoms with Crippen molar-refractivity contribution in [2.24, 2.45) is 0 Å². The standard InChI is InChI=1S/C60H112O6/c1-4-7-10-13-16-18-20-21-22-23-24-25-26-27-28-29-30-31-32-33-34-35-36-37-38-39-40-42-44-47-50-53-59(62)65-56-57(55-64-58(61)52-49-46-43-15-12-9-6-3)66-60(63)54-51-48-45-41-19-17-14-11-8-5-2/h11,14,23-24,57H,4-10,12-13,15-22,25-56H2,1-3H3/b14-11-,24-23-. The number of carbonyl (C=O) groups excluding carboxylic acids is 3. The first-order valence-electron chi connectivity index (χ1n) is 29.3. The maximum atomic E-state index is 12.7. The highest BCUT2D eigenvalue weighted by Crippen LogP contribution is 2.17. The van der Waals surface area contributed by atoms with Gasteiger partial charge in [0.25, 0.3) is 0 Å². The van der Waals surface area contributed by atoms with Crippen LogP contribution in [0.4, 0.5) is 0 Å². The summed E-state index contributed by atoms with van der Waals surface area (Å²) in [7, 11) is 0. The van der Waals surface area contributed by atoms with Crippen molar-refractivity contribution in [3.63, 3.8) is 0 Å². The first-order chi connectivity index (χ1) is 32.5. The molecule has 0 N–H and O–H groups in total. The van der Waals surface area contributed by atoms with Crippen LogP contribution in [0.1, 0.15) is 323 Å². The molecule has 6 nitrogen and oxygen atoms in total. The topological polar surface area (TPSA) is 78.9 Å². The molecule has 0 aromatic rings. The van der Waals surface area contributed by atoms with Gasteiger partial charge in [0.15, 0.2) is 6.10 Å². The lowest BCUT2D eigenvalue weighted by Gasteiger charge is -2.18. The second kappa shape index (κ2) is 55.5. The number of unbranched alkanes of at least 4 members (excludes halogenated alkanes) is 39. The highest BCUT2D eigenvalue weighted by molar-refractivity contribution is 5.71. The van der Waals surface area contributed by atoms with E-state index in [4.69, 9.17) is 14.2 Å². The van der Waals surface area contributed by atoms with Crippen LogP contribution >= 0.6 is 0 Å². The Morgan fingerprint density at radius 2 is 0.530 bits per heavy atom. The minimum Gasteiger partial charge on any atom is -0.462 e. The van der Waals surface area contributed by atoms with Gasteiger partial charge in [-0.25, -0.2) is 0 Å². The molecule has 0 aromatic carbocycles. The smallest absolute Gasteiger partial charge is 0.306 e. The van der Waals surface area contributed by atoms with Crippen molar-refractivity contribution in [1.29, 1.82) is 0 Å². The van der Waals surface area contributed by atoms with Gasteiger partial charge in [0.2, 0.25) is 0 Å². The zero-order chi connectivity index (χ0) is 47.9. The molecule has 0 aromatic heterocycles. The van der Waals surface area contributed by atoms with Gasteiger partial charge < -0.3 is 14.2 Å². The van der Waals surface area contributed by atoms with Gasteiger partial charge in [-0.05, 0) is 64.2 Å². The van der Waals surface area contributed by atoms with E-state index < -0.39 is 6.10 Å². The highest BCUT2D eigenvalue weighted by Gasteiger charge is 2.19. The van der Waals surface area contributed by atoms with Crippen molar-refractivity contribution in [1.82, 2.24) is 0 Å². The molecule has 0 aliphatic rings. The molecule has 0 saturated heterocycles. The predicted molar refractivity (Wildman–Crippen MR) is 284 cm³/mol. The maximum absolute atomic E-state index is 12.7. The molecular weight excluding hydrogens is 817 g/mol. The Balaban J connectivity index is 3.90. The fourth-order valence-electron chi connectivity index (χ4n) is 8.74. The zero-order valence-corrected chi connectivity index (χ0v) is 44.5. The van der Waals surface area contributed by atoms with E-state index in [2.05, 4.69) is 45.1 Å². The van der Waals surface area contributed by atoms with E-state index in [0.29, 0.717) is 19.3 Å². The summed E-state index contributed by atoms with van der Waals surface area (Å²) in [5.41, 5.74) is 0. The number of carbonyl (C=O) groups is 3. The summed E-state index contributed by atoms with van der Waals surface area (Å²) in [4.78, 5) is 37.8. The maximum Gasteiger partial charge on any atom is 0.306 e. The molecule has 0 amide bonds. The minimum atomic E-state index is -0.767. The monoisotopic (exact) mass is 929 g/mol. The predicted octanol–water partition coefficient (Wildman–Crippen LogP) is 19.5. The third-order valence-corrected chi connectivity index (χ3v) is 13.2. The summed E-state index contributed by atoms with van der Waals surface area (Å²) in [5, 5.41) is 0.